The predicted octanol–water partition coefficient (Wildman–Crippen LogP) is 2.13. The van der Waals surface area contributed by atoms with E-state index in [0.29, 0.717) is 0 Å². The molecule has 1 fully saturated rings. The lowest BCUT2D eigenvalue weighted by Crippen LogP contribution is -2.35. The van der Waals surface area contributed by atoms with E-state index in [2.05, 4.69) is 0 Å². The quantitative estimate of drug-likeness (QED) is 0.871. The Bertz CT molecular complexity index is 490. The van der Waals surface area contributed by atoms with Crippen LogP contribution in [0.1, 0.15) is 24.5 Å². The van der Waals surface area contributed by atoms with Gasteiger partial charge in [0, 0.05) is 18.2 Å². The molecule has 0 saturated carbocycles. The van der Waals surface area contributed by atoms with Crippen molar-refractivity contribution in [3.63, 3.8) is 0 Å². The van der Waals surface area contributed by atoms with E-state index in [4.69, 9.17) is 5.11 Å². The van der Waals surface area contributed by atoms with Crippen LogP contribution in [0.5, 0.6) is 0 Å². The first-order valence-electron chi connectivity index (χ1n) is 6.03. The van der Waals surface area contributed by atoms with Crippen LogP contribution in [-0.2, 0) is 9.59 Å². The summed E-state index contributed by atoms with van der Waals surface area (Å²) in [6, 6.07) is 5.58. The number of aliphatic carboxylic acids is 1. The molecule has 1 aromatic rings. The molecule has 0 bridgehead atoms. The van der Waals surface area contributed by atoms with Gasteiger partial charge in [0.2, 0.25) is 5.91 Å². The Morgan fingerprint density at radius 3 is 2.28 bits per heavy atom. The summed E-state index contributed by atoms with van der Waals surface area (Å²) in [5, 5.41) is 9.10. The maximum Gasteiger partial charge on any atom is 0.309 e. The number of rotatable bonds is 2. The molecule has 2 atom stereocenters. The number of anilines is 1. The van der Waals surface area contributed by atoms with Crippen LogP contribution in [0.3, 0.4) is 0 Å². The standard InChI is InChI=1S/C14H17NO3/c1-8-4-9(2)6-11(5-8)15-10(3)12(14(17)18)7-13(15)16/h4-6,10,12H,7H2,1-3H3,(H,17,18). The summed E-state index contributed by atoms with van der Waals surface area (Å²) in [6.45, 7) is 5.73. The molecule has 1 aliphatic rings. The third kappa shape index (κ3) is 2.10. The first kappa shape index (κ1) is 12.6. The van der Waals surface area contributed by atoms with Gasteiger partial charge >= 0.3 is 5.97 Å². The molecule has 96 valence electrons. The minimum Gasteiger partial charge on any atom is -0.481 e. The van der Waals surface area contributed by atoms with E-state index >= 15 is 0 Å². The Morgan fingerprint density at radius 2 is 1.83 bits per heavy atom. The highest BCUT2D eigenvalue weighted by Gasteiger charge is 2.41. The van der Waals surface area contributed by atoms with E-state index in [1.807, 2.05) is 32.0 Å². The summed E-state index contributed by atoms with van der Waals surface area (Å²) >= 11 is 0. The van der Waals surface area contributed by atoms with Gasteiger partial charge in [-0.25, -0.2) is 0 Å². The second kappa shape index (κ2) is 4.44. The number of amides is 1. The van der Waals surface area contributed by atoms with Gasteiger partial charge in [0.15, 0.2) is 0 Å². The van der Waals surface area contributed by atoms with E-state index in [-0.39, 0.29) is 18.4 Å². The third-order valence-electron chi connectivity index (χ3n) is 3.45. The summed E-state index contributed by atoms with van der Waals surface area (Å²) < 4.78 is 0. The summed E-state index contributed by atoms with van der Waals surface area (Å²) in [5.74, 6) is -1.62. The molecular weight excluding hydrogens is 230 g/mol. The molecule has 1 aliphatic heterocycles. The number of carbonyl (C=O) groups is 2. The van der Waals surface area contributed by atoms with E-state index in [9.17, 15) is 9.59 Å². The van der Waals surface area contributed by atoms with Gasteiger partial charge in [0.05, 0.1) is 5.92 Å². The molecule has 1 N–H and O–H groups in total. The monoisotopic (exact) mass is 247 g/mol. The van der Waals surface area contributed by atoms with Gasteiger partial charge in [-0.15, -0.1) is 0 Å². The van der Waals surface area contributed by atoms with Crippen molar-refractivity contribution in [1.82, 2.24) is 0 Å². The van der Waals surface area contributed by atoms with E-state index in [1.54, 1.807) is 11.8 Å². The predicted molar refractivity (Wildman–Crippen MR) is 68.6 cm³/mol. The third-order valence-corrected chi connectivity index (χ3v) is 3.45. The van der Waals surface area contributed by atoms with Crippen LogP contribution in [0.25, 0.3) is 0 Å². The molecule has 0 aliphatic carbocycles. The zero-order valence-corrected chi connectivity index (χ0v) is 10.8. The number of hydrogen-bond donors (Lipinski definition) is 1. The molecule has 0 radical (unpaired) electrons. The fraction of sp³-hybridized carbons (Fsp3) is 0.429. The van der Waals surface area contributed by atoms with Gasteiger partial charge in [-0.3, -0.25) is 9.59 Å². The van der Waals surface area contributed by atoms with Crippen LogP contribution in [0.4, 0.5) is 5.69 Å². The molecule has 1 heterocycles. The number of hydrogen-bond acceptors (Lipinski definition) is 2. The van der Waals surface area contributed by atoms with E-state index in [0.717, 1.165) is 16.8 Å². The Balaban J connectivity index is 2.38. The zero-order chi connectivity index (χ0) is 13.4. The SMILES string of the molecule is Cc1cc(C)cc(N2C(=O)CC(C(=O)O)C2C)c1. The molecule has 18 heavy (non-hydrogen) atoms. The van der Waals surface area contributed by atoms with Crippen LogP contribution in [0, 0.1) is 19.8 Å². The Labute approximate surface area is 106 Å². The maximum absolute atomic E-state index is 12.0. The van der Waals surface area contributed by atoms with Crippen LogP contribution >= 0.6 is 0 Å². The normalized spacial score (nSPS) is 23.5. The van der Waals surface area contributed by atoms with Crippen LogP contribution < -0.4 is 4.90 Å². The minimum atomic E-state index is -0.900. The number of aryl methyl sites for hydroxylation is 2. The molecule has 4 heteroatoms. The topological polar surface area (TPSA) is 57.6 Å². The van der Waals surface area contributed by atoms with Crippen molar-refractivity contribution in [3.8, 4) is 0 Å². The van der Waals surface area contributed by atoms with Crippen LogP contribution in [-0.4, -0.2) is 23.0 Å². The van der Waals surface area contributed by atoms with E-state index in [1.165, 1.54) is 0 Å². The smallest absolute Gasteiger partial charge is 0.309 e. The van der Waals surface area contributed by atoms with Crippen LogP contribution in [0.2, 0.25) is 0 Å². The van der Waals surface area contributed by atoms with Crippen LogP contribution in [0.15, 0.2) is 18.2 Å². The van der Waals surface area contributed by atoms with Gasteiger partial charge in [0.1, 0.15) is 0 Å². The molecule has 2 unspecified atom stereocenters. The molecule has 1 amide bonds. The van der Waals surface area contributed by atoms with Crippen molar-refractivity contribution in [2.24, 2.45) is 5.92 Å². The number of carboxylic acids is 1. The van der Waals surface area contributed by atoms with Crippen molar-refractivity contribution < 1.29 is 14.7 Å². The van der Waals surface area contributed by atoms with Crippen molar-refractivity contribution in [3.05, 3.63) is 29.3 Å². The molecular formula is C14H17NO3. The fourth-order valence-corrected chi connectivity index (χ4v) is 2.63. The van der Waals surface area contributed by atoms with Crippen molar-refractivity contribution in [2.75, 3.05) is 4.90 Å². The van der Waals surface area contributed by atoms with Gasteiger partial charge in [0.25, 0.3) is 0 Å². The van der Waals surface area contributed by atoms with Crippen molar-refractivity contribution in [1.29, 1.82) is 0 Å². The lowest BCUT2D eigenvalue weighted by atomic mass is 10.0. The lowest BCUT2D eigenvalue weighted by molar-refractivity contribution is -0.142. The van der Waals surface area contributed by atoms with Gasteiger partial charge < -0.3 is 10.0 Å². The molecule has 4 nitrogen and oxygen atoms in total. The second-order valence-electron chi connectivity index (χ2n) is 5.00. The number of carbonyl (C=O) groups excluding carboxylic acids is 1. The molecule has 0 aromatic heterocycles. The largest absolute Gasteiger partial charge is 0.481 e. The summed E-state index contributed by atoms with van der Waals surface area (Å²) in [7, 11) is 0. The Hall–Kier alpha value is -1.84. The highest BCUT2D eigenvalue weighted by Crippen LogP contribution is 2.32. The second-order valence-corrected chi connectivity index (χ2v) is 5.00. The molecule has 0 spiro atoms. The first-order chi connectivity index (χ1) is 8.40. The molecule has 2 rings (SSSR count). The van der Waals surface area contributed by atoms with E-state index < -0.39 is 11.9 Å². The lowest BCUT2D eigenvalue weighted by Gasteiger charge is -2.24. The van der Waals surface area contributed by atoms with Gasteiger partial charge in [-0.05, 0) is 44.0 Å². The van der Waals surface area contributed by atoms with Crippen molar-refractivity contribution >= 4 is 17.6 Å². The average Bonchev–Trinajstić information content (AvgIpc) is 2.52. The first-order valence-corrected chi connectivity index (χ1v) is 6.03. The Morgan fingerprint density at radius 1 is 1.28 bits per heavy atom. The number of nitrogens with zero attached hydrogens (tertiary/aromatic N) is 1. The summed E-state index contributed by atoms with van der Waals surface area (Å²) in [4.78, 5) is 24.7. The summed E-state index contributed by atoms with van der Waals surface area (Å²) in [5.41, 5.74) is 2.95. The zero-order valence-electron chi connectivity index (χ0n) is 10.8. The minimum absolute atomic E-state index is 0.0868. The highest BCUT2D eigenvalue weighted by molar-refractivity contribution is 6.00. The number of benzene rings is 1. The van der Waals surface area contributed by atoms with Gasteiger partial charge in [-0.2, -0.15) is 0 Å². The average molecular weight is 247 g/mol. The summed E-state index contributed by atoms with van der Waals surface area (Å²) in [6.07, 6.45) is 0.0868. The van der Waals surface area contributed by atoms with Gasteiger partial charge in [-0.1, -0.05) is 6.07 Å². The highest BCUT2D eigenvalue weighted by atomic mass is 16.4. The maximum atomic E-state index is 12.0. The number of carboxylic acid groups (broad SMARTS) is 1. The fourth-order valence-electron chi connectivity index (χ4n) is 2.63. The Kier molecular flexibility index (Phi) is 3.11. The molecule has 1 saturated heterocycles. The molecule has 1 aromatic carbocycles. The van der Waals surface area contributed by atoms with Crippen molar-refractivity contribution in [2.45, 2.75) is 33.2 Å².